The number of fused-ring (bicyclic) bond motifs is 2. The molecule has 1 aromatic carbocycles. The molecule has 2 heterocycles. The lowest BCUT2D eigenvalue weighted by Crippen LogP contribution is -2.57. The van der Waals surface area contributed by atoms with Gasteiger partial charge in [0.2, 0.25) is 0 Å². The van der Waals surface area contributed by atoms with Crippen LogP contribution in [0.25, 0.3) is 0 Å². The van der Waals surface area contributed by atoms with Crippen molar-refractivity contribution in [1.82, 2.24) is 5.32 Å². The van der Waals surface area contributed by atoms with Gasteiger partial charge >= 0.3 is 0 Å². The summed E-state index contributed by atoms with van der Waals surface area (Å²) in [6.07, 6.45) is 5.11. The summed E-state index contributed by atoms with van der Waals surface area (Å²) in [4.78, 5) is 0. The number of ether oxygens (including phenoxy) is 1. The average Bonchev–Trinajstić information content (AvgIpc) is 2.64. The monoisotopic (exact) mass is 231 g/mol. The standard InChI is InChI=1S/C14H17NO2/c16-11-5-1-4-10-13(11)17-12-8-15-9-3-2-6-14(10,12)7-9/h1,4-5,9,12,15-16H,2-3,6-8H2/t9-,12-,14-/m0/s1. The maximum Gasteiger partial charge on any atom is 0.165 e. The third kappa shape index (κ3) is 1.15. The molecular weight excluding hydrogens is 214 g/mol. The largest absolute Gasteiger partial charge is 0.504 e. The third-order valence-electron chi connectivity index (χ3n) is 4.79. The Morgan fingerprint density at radius 2 is 2.35 bits per heavy atom. The van der Waals surface area contributed by atoms with Gasteiger partial charge in [-0.3, -0.25) is 0 Å². The molecule has 2 aliphatic heterocycles. The number of hydrogen-bond acceptors (Lipinski definition) is 3. The molecule has 0 amide bonds. The Morgan fingerprint density at radius 3 is 3.29 bits per heavy atom. The topological polar surface area (TPSA) is 41.5 Å². The first kappa shape index (κ1) is 9.77. The maximum atomic E-state index is 9.93. The lowest BCUT2D eigenvalue weighted by atomic mass is 9.63. The van der Waals surface area contributed by atoms with E-state index in [0.717, 1.165) is 18.7 Å². The predicted molar refractivity (Wildman–Crippen MR) is 64.5 cm³/mol. The number of hydrogen-bond donors (Lipinski definition) is 2. The Balaban J connectivity index is 1.88. The van der Waals surface area contributed by atoms with Crippen LogP contribution in [0.3, 0.4) is 0 Å². The fourth-order valence-electron chi connectivity index (χ4n) is 4.00. The summed E-state index contributed by atoms with van der Waals surface area (Å²) < 4.78 is 6.01. The highest BCUT2D eigenvalue weighted by Crippen LogP contribution is 2.55. The maximum absolute atomic E-state index is 9.93. The van der Waals surface area contributed by atoms with Crippen molar-refractivity contribution >= 4 is 0 Å². The lowest BCUT2D eigenvalue weighted by Gasteiger charge is -2.46. The van der Waals surface area contributed by atoms with Crippen LogP contribution in [0.1, 0.15) is 31.2 Å². The lowest BCUT2D eigenvalue weighted by molar-refractivity contribution is 0.0604. The van der Waals surface area contributed by atoms with Gasteiger partial charge in [-0.1, -0.05) is 18.6 Å². The highest BCUT2D eigenvalue weighted by atomic mass is 16.5. The van der Waals surface area contributed by atoms with E-state index in [4.69, 9.17) is 4.74 Å². The van der Waals surface area contributed by atoms with Crippen molar-refractivity contribution in [3.05, 3.63) is 23.8 Å². The highest BCUT2D eigenvalue weighted by Gasteiger charge is 2.54. The molecule has 90 valence electrons. The minimum absolute atomic E-state index is 0.169. The van der Waals surface area contributed by atoms with Crippen LogP contribution in [0.2, 0.25) is 0 Å². The summed E-state index contributed by atoms with van der Waals surface area (Å²) in [7, 11) is 0. The number of phenolic OH excluding ortho intramolecular Hbond substituents is 1. The van der Waals surface area contributed by atoms with Crippen molar-refractivity contribution in [2.45, 2.75) is 43.2 Å². The van der Waals surface area contributed by atoms with E-state index in [9.17, 15) is 5.11 Å². The molecule has 4 rings (SSSR count). The summed E-state index contributed by atoms with van der Waals surface area (Å²) in [5, 5.41) is 13.5. The van der Waals surface area contributed by atoms with Crippen LogP contribution in [-0.4, -0.2) is 23.8 Å². The molecule has 1 aliphatic carbocycles. The molecular formula is C14H17NO2. The van der Waals surface area contributed by atoms with Gasteiger partial charge in [-0.2, -0.15) is 0 Å². The number of benzene rings is 1. The quantitative estimate of drug-likeness (QED) is 0.717. The van der Waals surface area contributed by atoms with Crippen LogP contribution >= 0.6 is 0 Å². The third-order valence-corrected chi connectivity index (χ3v) is 4.79. The summed E-state index contributed by atoms with van der Waals surface area (Å²) in [5.74, 6) is 1.04. The molecule has 3 aliphatic rings. The van der Waals surface area contributed by atoms with Crippen LogP contribution in [0, 0.1) is 0 Å². The van der Waals surface area contributed by atoms with Crippen LogP contribution in [0.4, 0.5) is 0 Å². The number of phenols is 1. The van der Waals surface area contributed by atoms with E-state index < -0.39 is 0 Å². The number of rotatable bonds is 0. The van der Waals surface area contributed by atoms with E-state index in [1.807, 2.05) is 6.07 Å². The van der Waals surface area contributed by atoms with Crippen molar-refractivity contribution in [3.63, 3.8) is 0 Å². The van der Waals surface area contributed by atoms with Crippen molar-refractivity contribution in [2.75, 3.05) is 6.54 Å². The van der Waals surface area contributed by atoms with E-state index >= 15 is 0 Å². The zero-order chi connectivity index (χ0) is 11.5. The summed E-state index contributed by atoms with van der Waals surface area (Å²) in [6.45, 7) is 0.915. The van der Waals surface area contributed by atoms with Crippen LogP contribution < -0.4 is 10.1 Å². The normalized spacial score (nSPS) is 38.1. The predicted octanol–water partition coefficient (Wildman–Crippen LogP) is 1.94. The van der Waals surface area contributed by atoms with Gasteiger partial charge in [0.1, 0.15) is 6.10 Å². The zero-order valence-electron chi connectivity index (χ0n) is 9.78. The molecule has 3 heteroatoms. The van der Waals surface area contributed by atoms with E-state index in [1.54, 1.807) is 6.07 Å². The Morgan fingerprint density at radius 1 is 1.41 bits per heavy atom. The first-order valence-electron chi connectivity index (χ1n) is 6.52. The van der Waals surface area contributed by atoms with Crippen molar-refractivity contribution in [1.29, 1.82) is 0 Å². The van der Waals surface area contributed by atoms with E-state index in [0.29, 0.717) is 11.8 Å². The second kappa shape index (κ2) is 3.16. The minimum Gasteiger partial charge on any atom is -0.504 e. The van der Waals surface area contributed by atoms with Gasteiger partial charge in [0.05, 0.1) is 0 Å². The molecule has 2 fully saturated rings. The molecule has 0 aromatic heterocycles. The zero-order valence-corrected chi connectivity index (χ0v) is 9.78. The summed E-state index contributed by atoms with van der Waals surface area (Å²) >= 11 is 0. The molecule has 1 spiro atoms. The van der Waals surface area contributed by atoms with Gasteiger partial charge in [0.15, 0.2) is 11.5 Å². The highest BCUT2D eigenvalue weighted by molar-refractivity contribution is 5.54. The smallest absolute Gasteiger partial charge is 0.165 e. The molecule has 3 nitrogen and oxygen atoms in total. The van der Waals surface area contributed by atoms with Crippen LogP contribution in [-0.2, 0) is 5.41 Å². The molecule has 1 saturated heterocycles. The average molecular weight is 231 g/mol. The SMILES string of the molecule is Oc1cccc2c1O[C@H]1CN[C@H]3CCC[C@]21C3. The van der Waals surface area contributed by atoms with Gasteiger partial charge in [-0.05, 0) is 25.3 Å². The fourth-order valence-corrected chi connectivity index (χ4v) is 4.00. The Bertz CT molecular complexity index is 473. The second-order valence-electron chi connectivity index (χ2n) is 5.62. The fraction of sp³-hybridized carbons (Fsp3) is 0.571. The van der Waals surface area contributed by atoms with Crippen LogP contribution in [0.15, 0.2) is 18.2 Å². The van der Waals surface area contributed by atoms with Crippen molar-refractivity contribution in [3.8, 4) is 11.5 Å². The molecule has 3 atom stereocenters. The second-order valence-corrected chi connectivity index (χ2v) is 5.62. The minimum atomic E-state index is 0.169. The molecule has 17 heavy (non-hydrogen) atoms. The van der Waals surface area contributed by atoms with Gasteiger partial charge in [0.25, 0.3) is 0 Å². The molecule has 0 unspecified atom stereocenters. The molecule has 0 radical (unpaired) electrons. The summed E-state index contributed by atoms with van der Waals surface area (Å²) in [6, 6.07) is 6.45. The van der Waals surface area contributed by atoms with Gasteiger partial charge in [-0.25, -0.2) is 0 Å². The number of para-hydroxylation sites is 1. The van der Waals surface area contributed by atoms with E-state index in [1.165, 1.54) is 24.8 Å². The first-order valence-corrected chi connectivity index (χ1v) is 6.52. The Labute approximate surface area is 101 Å². The van der Waals surface area contributed by atoms with Crippen molar-refractivity contribution in [2.24, 2.45) is 0 Å². The van der Waals surface area contributed by atoms with Gasteiger partial charge in [-0.15, -0.1) is 0 Å². The molecule has 2 bridgehead atoms. The molecule has 2 N–H and O–H groups in total. The van der Waals surface area contributed by atoms with Gasteiger partial charge in [0, 0.05) is 23.6 Å². The summed E-state index contributed by atoms with van der Waals surface area (Å²) in [5.41, 5.74) is 1.41. The number of aromatic hydroxyl groups is 1. The Hall–Kier alpha value is -1.22. The van der Waals surface area contributed by atoms with Crippen molar-refractivity contribution < 1.29 is 9.84 Å². The number of nitrogens with one attached hydrogen (secondary N) is 1. The molecule has 1 saturated carbocycles. The van der Waals surface area contributed by atoms with Gasteiger partial charge < -0.3 is 15.2 Å². The first-order chi connectivity index (χ1) is 8.29. The Kier molecular flexibility index (Phi) is 1.82. The molecule has 1 aromatic rings. The number of piperidine rings is 1. The van der Waals surface area contributed by atoms with E-state index in [2.05, 4.69) is 11.4 Å². The van der Waals surface area contributed by atoms with Crippen LogP contribution in [0.5, 0.6) is 11.5 Å². The van der Waals surface area contributed by atoms with E-state index in [-0.39, 0.29) is 11.5 Å².